The van der Waals surface area contributed by atoms with Gasteiger partial charge < -0.3 is 0 Å². The highest BCUT2D eigenvalue weighted by molar-refractivity contribution is 5.38. The Morgan fingerprint density at radius 2 is 1.87 bits per heavy atom. The second-order valence-electron chi connectivity index (χ2n) is 4.17. The molecule has 1 rings (SSSR count). The number of hydrazine groups is 1. The van der Waals surface area contributed by atoms with Crippen molar-refractivity contribution >= 4 is 0 Å². The fourth-order valence-corrected chi connectivity index (χ4v) is 1.69. The molecule has 0 aliphatic rings. The fraction of sp³-hybridized carbons (Fsp3) is 0.500. The van der Waals surface area contributed by atoms with E-state index in [1.165, 1.54) is 22.3 Å². The molecule has 0 saturated heterocycles. The van der Waals surface area contributed by atoms with Gasteiger partial charge in [0, 0.05) is 6.54 Å². The van der Waals surface area contributed by atoms with Crippen LogP contribution in [0, 0.1) is 20.8 Å². The topological polar surface area (TPSA) is 41.3 Å². The van der Waals surface area contributed by atoms with Crippen molar-refractivity contribution in [3.8, 4) is 0 Å². The molecule has 0 heterocycles. The van der Waals surface area contributed by atoms with Crippen molar-refractivity contribution in [3.05, 3.63) is 34.4 Å². The Morgan fingerprint density at radius 3 is 2.47 bits per heavy atom. The van der Waals surface area contributed by atoms with Crippen LogP contribution in [-0.2, 0) is 6.54 Å². The number of nitrogens with one attached hydrogen (secondary N) is 1. The molecule has 0 saturated carbocycles. The minimum Gasteiger partial charge on any atom is -0.288 e. The van der Waals surface area contributed by atoms with Crippen LogP contribution in [0.5, 0.6) is 0 Å². The zero-order valence-electron chi connectivity index (χ0n) is 10.1. The predicted molar refractivity (Wildman–Crippen MR) is 64.3 cm³/mol. The van der Waals surface area contributed by atoms with Gasteiger partial charge in [0.25, 0.3) is 0 Å². The van der Waals surface area contributed by atoms with E-state index in [1.807, 2.05) is 0 Å². The summed E-state index contributed by atoms with van der Waals surface area (Å²) in [4.78, 5) is 2.15. The monoisotopic (exact) mass is 207 g/mol. The summed E-state index contributed by atoms with van der Waals surface area (Å²) >= 11 is 0. The minimum absolute atomic E-state index is 0.701. The first-order valence-electron chi connectivity index (χ1n) is 5.24. The van der Waals surface area contributed by atoms with E-state index in [4.69, 9.17) is 5.84 Å². The highest BCUT2D eigenvalue weighted by atomic mass is 15.3. The van der Waals surface area contributed by atoms with E-state index in [0.29, 0.717) is 6.67 Å². The molecule has 0 bridgehead atoms. The van der Waals surface area contributed by atoms with Crippen LogP contribution >= 0.6 is 0 Å². The van der Waals surface area contributed by atoms with Gasteiger partial charge in [-0.2, -0.15) is 0 Å². The first kappa shape index (κ1) is 12.2. The van der Waals surface area contributed by atoms with Crippen LogP contribution in [0.25, 0.3) is 0 Å². The first-order chi connectivity index (χ1) is 7.06. The maximum absolute atomic E-state index is 5.28. The number of nitrogens with two attached hydrogens (primary N) is 1. The quantitative estimate of drug-likeness (QED) is 0.446. The summed E-state index contributed by atoms with van der Waals surface area (Å²) in [7, 11) is 2.05. The van der Waals surface area contributed by atoms with Crippen LogP contribution in [-0.4, -0.2) is 18.6 Å². The molecule has 0 aromatic heterocycles. The molecule has 0 fully saturated rings. The van der Waals surface area contributed by atoms with Crippen LogP contribution in [0.4, 0.5) is 0 Å². The molecule has 0 unspecified atom stereocenters. The molecule has 3 heteroatoms. The molecular weight excluding hydrogens is 186 g/mol. The lowest BCUT2D eigenvalue weighted by Crippen LogP contribution is -2.35. The van der Waals surface area contributed by atoms with E-state index in [0.717, 1.165) is 6.54 Å². The Morgan fingerprint density at radius 1 is 1.20 bits per heavy atom. The highest BCUT2D eigenvalue weighted by Crippen LogP contribution is 2.17. The average molecular weight is 207 g/mol. The van der Waals surface area contributed by atoms with Crippen LogP contribution in [0.2, 0.25) is 0 Å². The third-order valence-corrected chi connectivity index (χ3v) is 2.97. The number of aryl methyl sites for hydroxylation is 1. The number of rotatable bonds is 4. The largest absolute Gasteiger partial charge is 0.288 e. The maximum Gasteiger partial charge on any atom is 0.0612 e. The Bertz CT molecular complexity index is 334. The van der Waals surface area contributed by atoms with Gasteiger partial charge in [-0.1, -0.05) is 12.1 Å². The van der Waals surface area contributed by atoms with E-state index in [-0.39, 0.29) is 0 Å². The summed E-state index contributed by atoms with van der Waals surface area (Å²) in [5, 5.41) is 0. The lowest BCUT2D eigenvalue weighted by Gasteiger charge is -2.18. The summed E-state index contributed by atoms with van der Waals surface area (Å²) < 4.78 is 0. The van der Waals surface area contributed by atoms with Gasteiger partial charge in [0.2, 0.25) is 0 Å². The molecule has 0 spiro atoms. The van der Waals surface area contributed by atoms with Crippen molar-refractivity contribution in [1.82, 2.24) is 10.3 Å². The summed E-state index contributed by atoms with van der Waals surface area (Å²) in [5.41, 5.74) is 8.17. The Kier molecular flexibility index (Phi) is 4.27. The molecule has 1 aromatic carbocycles. The molecule has 1 aromatic rings. The Labute approximate surface area is 92.2 Å². The lowest BCUT2D eigenvalue weighted by molar-refractivity contribution is 0.301. The molecule has 3 N–H and O–H groups in total. The van der Waals surface area contributed by atoms with E-state index >= 15 is 0 Å². The Balaban J connectivity index is 2.82. The summed E-state index contributed by atoms with van der Waals surface area (Å²) in [6.45, 7) is 8.14. The number of hydrogen-bond acceptors (Lipinski definition) is 3. The molecular formula is C12H21N3. The molecule has 0 aliphatic carbocycles. The second kappa shape index (κ2) is 5.26. The van der Waals surface area contributed by atoms with E-state index < -0.39 is 0 Å². The first-order valence-corrected chi connectivity index (χ1v) is 5.24. The summed E-state index contributed by atoms with van der Waals surface area (Å²) in [6.07, 6.45) is 0. The molecule has 0 radical (unpaired) electrons. The SMILES string of the molecule is Cc1ccc(CN(C)CNN)c(C)c1C. The predicted octanol–water partition coefficient (Wildman–Crippen LogP) is 1.46. The summed E-state index contributed by atoms with van der Waals surface area (Å²) in [6, 6.07) is 4.38. The molecule has 0 aliphatic heterocycles. The minimum atomic E-state index is 0.701. The van der Waals surface area contributed by atoms with E-state index in [2.05, 4.69) is 50.3 Å². The van der Waals surface area contributed by atoms with Gasteiger partial charge in [-0.05, 0) is 50.1 Å². The lowest BCUT2D eigenvalue weighted by atomic mass is 9.99. The van der Waals surface area contributed by atoms with Gasteiger partial charge in [-0.3, -0.25) is 10.7 Å². The Hall–Kier alpha value is -0.900. The van der Waals surface area contributed by atoms with Gasteiger partial charge in [0.1, 0.15) is 0 Å². The standard InChI is InChI=1S/C12H21N3/c1-9-5-6-12(11(3)10(9)2)7-15(4)8-14-13/h5-6,14H,7-8,13H2,1-4H3. The molecule has 0 atom stereocenters. The highest BCUT2D eigenvalue weighted by Gasteiger charge is 2.05. The number of hydrogen-bond donors (Lipinski definition) is 2. The third-order valence-electron chi connectivity index (χ3n) is 2.97. The second-order valence-corrected chi connectivity index (χ2v) is 4.17. The van der Waals surface area contributed by atoms with E-state index in [1.54, 1.807) is 0 Å². The van der Waals surface area contributed by atoms with Crippen molar-refractivity contribution in [2.45, 2.75) is 27.3 Å². The molecule has 0 amide bonds. The van der Waals surface area contributed by atoms with Crippen molar-refractivity contribution < 1.29 is 0 Å². The van der Waals surface area contributed by atoms with Crippen molar-refractivity contribution in [2.24, 2.45) is 5.84 Å². The van der Waals surface area contributed by atoms with Crippen LogP contribution < -0.4 is 11.3 Å². The number of benzene rings is 1. The van der Waals surface area contributed by atoms with E-state index in [9.17, 15) is 0 Å². The van der Waals surface area contributed by atoms with Gasteiger partial charge >= 0.3 is 0 Å². The van der Waals surface area contributed by atoms with Crippen LogP contribution in [0.3, 0.4) is 0 Å². The van der Waals surface area contributed by atoms with Crippen LogP contribution in [0.1, 0.15) is 22.3 Å². The van der Waals surface area contributed by atoms with Gasteiger partial charge in [0.15, 0.2) is 0 Å². The van der Waals surface area contributed by atoms with Crippen molar-refractivity contribution in [1.29, 1.82) is 0 Å². The summed E-state index contributed by atoms with van der Waals surface area (Å²) in [5.74, 6) is 5.28. The smallest absolute Gasteiger partial charge is 0.0612 e. The molecule has 3 nitrogen and oxygen atoms in total. The van der Waals surface area contributed by atoms with Gasteiger partial charge in [0.05, 0.1) is 6.67 Å². The van der Waals surface area contributed by atoms with Crippen molar-refractivity contribution in [2.75, 3.05) is 13.7 Å². The van der Waals surface area contributed by atoms with Gasteiger partial charge in [-0.25, -0.2) is 5.43 Å². The van der Waals surface area contributed by atoms with Crippen LogP contribution in [0.15, 0.2) is 12.1 Å². The van der Waals surface area contributed by atoms with Gasteiger partial charge in [-0.15, -0.1) is 0 Å². The fourth-order valence-electron chi connectivity index (χ4n) is 1.69. The van der Waals surface area contributed by atoms with Crippen molar-refractivity contribution in [3.63, 3.8) is 0 Å². The zero-order valence-corrected chi connectivity index (χ0v) is 10.1. The number of nitrogens with zero attached hydrogens (tertiary/aromatic N) is 1. The average Bonchev–Trinajstić information content (AvgIpc) is 2.20. The maximum atomic E-state index is 5.28. The molecule has 84 valence electrons. The third kappa shape index (κ3) is 3.02. The zero-order chi connectivity index (χ0) is 11.4. The molecule has 15 heavy (non-hydrogen) atoms. The normalized spacial score (nSPS) is 11.1.